The topological polar surface area (TPSA) is 78.9 Å². The van der Waals surface area contributed by atoms with Gasteiger partial charge >= 0.3 is 5.97 Å². The van der Waals surface area contributed by atoms with Crippen LogP contribution in [0.5, 0.6) is 0 Å². The maximum absolute atomic E-state index is 10.6. The van der Waals surface area contributed by atoms with Gasteiger partial charge in [-0.05, 0) is 6.92 Å². The van der Waals surface area contributed by atoms with E-state index in [2.05, 4.69) is 5.10 Å². The molecule has 5 nitrogen and oxygen atoms in total. The van der Waals surface area contributed by atoms with Crippen molar-refractivity contribution < 1.29 is 9.90 Å². The fourth-order valence-electron chi connectivity index (χ4n) is 1.01. The SMILES string of the molecule is C[C@@H](C(=O)O)n1cc(C=CCC#N)cn1. The molecule has 1 rings (SSSR count). The lowest BCUT2D eigenvalue weighted by Gasteiger charge is -2.04. The number of aromatic nitrogens is 2. The van der Waals surface area contributed by atoms with E-state index in [1.54, 1.807) is 31.5 Å². The van der Waals surface area contributed by atoms with Crippen LogP contribution in [0.3, 0.4) is 0 Å². The highest BCUT2D eigenvalue weighted by atomic mass is 16.4. The molecule has 78 valence electrons. The van der Waals surface area contributed by atoms with E-state index >= 15 is 0 Å². The quantitative estimate of drug-likeness (QED) is 0.806. The van der Waals surface area contributed by atoms with Gasteiger partial charge in [0.1, 0.15) is 6.04 Å². The molecule has 1 aromatic rings. The summed E-state index contributed by atoms with van der Waals surface area (Å²) in [6.45, 7) is 1.55. The van der Waals surface area contributed by atoms with Crippen molar-refractivity contribution in [2.45, 2.75) is 19.4 Å². The molecule has 0 spiro atoms. The molecule has 0 bridgehead atoms. The summed E-state index contributed by atoms with van der Waals surface area (Å²) in [5, 5.41) is 21.0. The van der Waals surface area contributed by atoms with E-state index in [0.29, 0.717) is 6.42 Å². The van der Waals surface area contributed by atoms with Crippen LogP contribution in [0.25, 0.3) is 6.08 Å². The molecular weight excluding hydrogens is 194 g/mol. The van der Waals surface area contributed by atoms with Gasteiger partial charge in [0, 0.05) is 11.8 Å². The molecule has 0 saturated carbocycles. The van der Waals surface area contributed by atoms with Crippen molar-refractivity contribution in [2.75, 3.05) is 0 Å². The molecule has 0 unspecified atom stereocenters. The van der Waals surface area contributed by atoms with Gasteiger partial charge in [0.25, 0.3) is 0 Å². The van der Waals surface area contributed by atoms with Gasteiger partial charge < -0.3 is 5.11 Å². The first-order valence-electron chi connectivity index (χ1n) is 4.45. The van der Waals surface area contributed by atoms with Crippen LogP contribution in [-0.2, 0) is 4.79 Å². The first-order valence-corrected chi connectivity index (χ1v) is 4.45. The molecule has 15 heavy (non-hydrogen) atoms. The molecule has 1 heterocycles. The van der Waals surface area contributed by atoms with E-state index in [0.717, 1.165) is 5.56 Å². The highest BCUT2D eigenvalue weighted by Gasteiger charge is 2.13. The van der Waals surface area contributed by atoms with Crippen LogP contribution in [0.1, 0.15) is 24.9 Å². The zero-order valence-corrected chi connectivity index (χ0v) is 8.29. The van der Waals surface area contributed by atoms with Crippen LogP contribution in [0.15, 0.2) is 18.5 Å². The van der Waals surface area contributed by atoms with Crippen LogP contribution in [0.2, 0.25) is 0 Å². The number of nitriles is 1. The van der Waals surface area contributed by atoms with Crippen molar-refractivity contribution in [1.29, 1.82) is 5.26 Å². The number of hydrogen-bond acceptors (Lipinski definition) is 3. The van der Waals surface area contributed by atoms with Crippen molar-refractivity contribution in [2.24, 2.45) is 0 Å². The van der Waals surface area contributed by atoms with E-state index in [-0.39, 0.29) is 0 Å². The lowest BCUT2D eigenvalue weighted by molar-refractivity contribution is -0.140. The minimum atomic E-state index is -0.925. The Morgan fingerprint density at radius 1 is 1.87 bits per heavy atom. The minimum Gasteiger partial charge on any atom is -0.480 e. The second-order valence-electron chi connectivity index (χ2n) is 3.03. The Morgan fingerprint density at radius 2 is 2.60 bits per heavy atom. The second kappa shape index (κ2) is 4.96. The first kappa shape index (κ1) is 11.0. The molecule has 0 aromatic carbocycles. The van der Waals surface area contributed by atoms with Crippen LogP contribution < -0.4 is 0 Å². The molecule has 0 amide bonds. The summed E-state index contributed by atoms with van der Waals surface area (Å²) in [4.78, 5) is 10.6. The van der Waals surface area contributed by atoms with Gasteiger partial charge in [0.2, 0.25) is 0 Å². The van der Waals surface area contributed by atoms with E-state index in [1.165, 1.54) is 4.68 Å². The third-order valence-corrected chi connectivity index (χ3v) is 1.90. The number of nitrogens with zero attached hydrogens (tertiary/aromatic N) is 3. The second-order valence-corrected chi connectivity index (χ2v) is 3.03. The Hall–Kier alpha value is -2.09. The van der Waals surface area contributed by atoms with Gasteiger partial charge in [0.05, 0.1) is 18.7 Å². The molecule has 1 atom stereocenters. The smallest absolute Gasteiger partial charge is 0.328 e. The number of rotatable bonds is 4. The van der Waals surface area contributed by atoms with Crippen molar-refractivity contribution in [3.8, 4) is 6.07 Å². The monoisotopic (exact) mass is 205 g/mol. The molecule has 0 aliphatic heterocycles. The molecule has 5 heteroatoms. The van der Waals surface area contributed by atoms with Crippen molar-refractivity contribution in [3.05, 3.63) is 24.0 Å². The summed E-state index contributed by atoms with van der Waals surface area (Å²) in [6.07, 6.45) is 6.97. The molecule has 1 aromatic heterocycles. The van der Waals surface area contributed by atoms with Gasteiger partial charge in [-0.1, -0.05) is 12.2 Å². The predicted molar refractivity (Wildman–Crippen MR) is 53.8 cm³/mol. The van der Waals surface area contributed by atoms with Gasteiger partial charge in [-0.2, -0.15) is 10.4 Å². The number of carbonyl (C=O) groups is 1. The van der Waals surface area contributed by atoms with E-state index in [1.807, 2.05) is 6.07 Å². The number of carboxylic acids is 1. The van der Waals surface area contributed by atoms with Gasteiger partial charge in [0.15, 0.2) is 0 Å². The van der Waals surface area contributed by atoms with E-state index < -0.39 is 12.0 Å². The molecule has 0 aliphatic rings. The van der Waals surface area contributed by atoms with E-state index in [9.17, 15) is 4.79 Å². The standard InChI is InChI=1S/C10H11N3O2/c1-8(10(14)15)13-7-9(6-12-13)4-2-3-5-11/h2,4,6-8H,3H2,1H3,(H,14,15)/t8-/m0/s1. The fraction of sp³-hybridized carbons (Fsp3) is 0.300. The van der Waals surface area contributed by atoms with Crippen LogP contribution >= 0.6 is 0 Å². The Kier molecular flexibility index (Phi) is 3.63. The maximum Gasteiger partial charge on any atom is 0.328 e. The molecule has 0 saturated heterocycles. The maximum atomic E-state index is 10.6. The predicted octanol–water partition coefficient (Wildman–Crippen LogP) is 1.46. The highest BCUT2D eigenvalue weighted by Crippen LogP contribution is 2.08. The van der Waals surface area contributed by atoms with Crippen molar-refractivity contribution >= 4 is 12.0 Å². The Balaban J connectivity index is 2.73. The fourth-order valence-corrected chi connectivity index (χ4v) is 1.01. The third-order valence-electron chi connectivity index (χ3n) is 1.90. The number of aliphatic carboxylic acids is 1. The zero-order valence-electron chi connectivity index (χ0n) is 8.29. The molecule has 0 aliphatic carbocycles. The van der Waals surface area contributed by atoms with Gasteiger partial charge in [-0.3, -0.25) is 4.68 Å². The molecule has 0 radical (unpaired) electrons. The van der Waals surface area contributed by atoms with Crippen molar-refractivity contribution in [3.63, 3.8) is 0 Å². The lowest BCUT2D eigenvalue weighted by atomic mass is 10.3. The van der Waals surface area contributed by atoms with E-state index in [4.69, 9.17) is 10.4 Å². The minimum absolute atomic E-state index is 0.333. The number of allylic oxidation sites excluding steroid dienone is 1. The lowest BCUT2D eigenvalue weighted by Crippen LogP contribution is -2.15. The number of carboxylic acid groups (broad SMARTS) is 1. The number of hydrogen-bond donors (Lipinski definition) is 1. The van der Waals surface area contributed by atoms with Gasteiger partial charge in [-0.15, -0.1) is 0 Å². The summed E-state index contributed by atoms with van der Waals surface area (Å²) in [7, 11) is 0. The summed E-state index contributed by atoms with van der Waals surface area (Å²) >= 11 is 0. The summed E-state index contributed by atoms with van der Waals surface area (Å²) in [5.74, 6) is -0.925. The Bertz CT molecular complexity index is 415. The molecular formula is C10H11N3O2. The van der Waals surface area contributed by atoms with Crippen LogP contribution in [0.4, 0.5) is 0 Å². The van der Waals surface area contributed by atoms with Crippen LogP contribution in [0, 0.1) is 11.3 Å². The van der Waals surface area contributed by atoms with Gasteiger partial charge in [-0.25, -0.2) is 4.79 Å². The average molecular weight is 205 g/mol. The van der Waals surface area contributed by atoms with Crippen molar-refractivity contribution in [1.82, 2.24) is 9.78 Å². The highest BCUT2D eigenvalue weighted by molar-refractivity contribution is 5.71. The average Bonchev–Trinajstić information content (AvgIpc) is 2.65. The molecule has 1 N–H and O–H groups in total. The molecule has 0 fully saturated rings. The Morgan fingerprint density at radius 3 is 3.20 bits per heavy atom. The first-order chi connectivity index (χ1) is 7.15. The largest absolute Gasteiger partial charge is 0.480 e. The summed E-state index contributed by atoms with van der Waals surface area (Å²) in [6, 6.07) is 1.30. The summed E-state index contributed by atoms with van der Waals surface area (Å²) < 4.78 is 1.37. The normalized spacial score (nSPS) is 12.5. The summed E-state index contributed by atoms with van der Waals surface area (Å²) in [5.41, 5.74) is 0.790. The third kappa shape index (κ3) is 2.95. The zero-order chi connectivity index (χ0) is 11.3. The Labute approximate surface area is 87.3 Å². The van der Waals surface area contributed by atoms with Crippen LogP contribution in [-0.4, -0.2) is 20.9 Å².